The fourth-order valence-electron chi connectivity index (χ4n) is 0.582. The van der Waals surface area contributed by atoms with E-state index in [1.165, 1.54) is 18.3 Å². The Morgan fingerprint density at radius 3 is 2.40 bits per heavy atom. The first kappa shape index (κ1) is 13.2. The molecule has 0 aliphatic carbocycles. The number of nitrogens with one attached hydrogen (secondary N) is 1. The van der Waals surface area contributed by atoms with Gasteiger partial charge in [0.15, 0.2) is 0 Å². The van der Waals surface area contributed by atoms with E-state index in [2.05, 4.69) is 4.74 Å². The van der Waals surface area contributed by atoms with Crippen LogP contribution in [0.5, 0.6) is 0 Å². The largest absolute Gasteiger partial charge is 0.471 e. The number of rotatable bonds is 3. The van der Waals surface area contributed by atoms with Crippen molar-refractivity contribution in [2.24, 2.45) is 0 Å². The maximum absolute atomic E-state index is 11.7. The van der Waals surface area contributed by atoms with Crippen molar-refractivity contribution < 1.29 is 27.5 Å². The topological polar surface area (TPSA) is 79.2 Å². The van der Waals surface area contributed by atoms with Gasteiger partial charge in [-0.05, 0) is 6.92 Å². The Bertz CT molecular complexity index is 295. The Hall–Kier alpha value is -1.78. The van der Waals surface area contributed by atoms with E-state index in [4.69, 9.17) is 5.26 Å². The number of nitrogens with zero attached hydrogens (tertiary/aromatic N) is 1. The quantitative estimate of drug-likeness (QED) is 0.690. The minimum atomic E-state index is -5.14. The van der Waals surface area contributed by atoms with Gasteiger partial charge in [-0.25, -0.2) is 4.79 Å². The number of carbonyl (C=O) groups is 2. The molecule has 0 aromatic heterocycles. The van der Waals surface area contributed by atoms with Crippen LogP contribution in [0.25, 0.3) is 0 Å². The van der Waals surface area contributed by atoms with Crippen LogP contribution in [0.2, 0.25) is 0 Å². The molecular formula is C7H7F3N2O3. The van der Waals surface area contributed by atoms with Crippen molar-refractivity contribution in [3.8, 4) is 6.07 Å². The van der Waals surface area contributed by atoms with Crippen LogP contribution in [0.15, 0.2) is 0 Å². The lowest BCUT2D eigenvalue weighted by Crippen LogP contribution is -2.46. The molecule has 0 rings (SSSR count). The molecule has 0 aliphatic rings. The van der Waals surface area contributed by atoms with E-state index in [9.17, 15) is 22.8 Å². The number of halogens is 3. The van der Waals surface area contributed by atoms with Gasteiger partial charge in [-0.1, -0.05) is 0 Å². The van der Waals surface area contributed by atoms with Crippen LogP contribution in [0.3, 0.4) is 0 Å². The normalized spacial score (nSPS) is 12.5. The van der Waals surface area contributed by atoms with Crippen molar-refractivity contribution in [2.75, 3.05) is 6.61 Å². The lowest BCUT2D eigenvalue weighted by molar-refractivity contribution is -0.175. The highest BCUT2D eigenvalue weighted by Gasteiger charge is 2.41. The van der Waals surface area contributed by atoms with E-state index < -0.39 is 24.1 Å². The number of carbonyl (C=O) groups excluding carboxylic acids is 2. The first-order chi connectivity index (χ1) is 6.82. The number of alkyl halides is 3. The molecule has 0 aromatic rings. The van der Waals surface area contributed by atoms with Crippen LogP contribution in [-0.2, 0) is 14.3 Å². The fraction of sp³-hybridized carbons (Fsp3) is 0.571. The summed E-state index contributed by atoms with van der Waals surface area (Å²) in [7, 11) is 0. The minimum Gasteiger partial charge on any atom is -0.464 e. The SMILES string of the molecule is CCOC(=O)C(C#N)NC(=O)C(F)(F)F. The summed E-state index contributed by atoms with van der Waals surface area (Å²) in [6.07, 6.45) is -5.14. The summed E-state index contributed by atoms with van der Waals surface area (Å²) in [6, 6.07) is -0.762. The van der Waals surface area contributed by atoms with Crippen LogP contribution in [-0.4, -0.2) is 30.7 Å². The third kappa shape index (κ3) is 4.30. The number of hydrogen-bond donors (Lipinski definition) is 1. The third-order valence-electron chi connectivity index (χ3n) is 1.18. The van der Waals surface area contributed by atoms with E-state index in [1.807, 2.05) is 0 Å². The average molecular weight is 224 g/mol. The van der Waals surface area contributed by atoms with Crippen molar-refractivity contribution in [2.45, 2.75) is 19.1 Å². The molecule has 8 heteroatoms. The maximum Gasteiger partial charge on any atom is 0.471 e. The molecule has 0 fully saturated rings. The van der Waals surface area contributed by atoms with E-state index in [0.29, 0.717) is 0 Å². The highest BCUT2D eigenvalue weighted by Crippen LogP contribution is 2.14. The molecule has 0 heterocycles. The summed E-state index contributed by atoms with van der Waals surface area (Å²) in [5.74, 6) is -3.58. The zero-order chi connectivity index (χ0) is 12.1. The summed E-state index contributed by atoms with van der Waals surface area (Å²) in [5, 5.41) is 9.50. The molecule has 84 valence electrons. The van der Waals surface area contributed by atoms with Crippen molar-refractivity contribution in [3.05, 3.63) is 0 Å². The molecular weight excluding hydrogens is 217 g/mol. The fourth-order valence-corrected chi connectivity index (χ4v) is 0.582. The van der Waals surface area contributed by atoms with Gasteiger partial charge in [0.05, 0.1) is 12.7 Å². The van der Waals surface area contributed by atoms with E-state index >= 15 is 0 Å². The average Bonchev–Trinajstić information content (AvgIpc) is 2.12. The number of nitriles is 1. The molecule has 0 radical (unpaired) electrons. The number of ether oxygens (including phenoxy) is 1. The lowest BCUT2D eigenvalue weighted by Gasteiger charge is -2.11. The zero-order valence-corrected chi connectivity index (χ0v) is 7.59. The van der Waals surface area contributed by atoms with Gasteiger partial charge in [0.2, 0.25) is 6.04 Å². The van der Waals surface area contributed by atoms with Crippen molar-refractivity contribution in [1.29, 1.82) is 5.26 Å². The van der Waals surface area contributed by atoms with Crippen LogP contribution < -0.4 is 5.32 Å². The minimum absolute atomic E-state index is 0.0983. The van der Waals surface area contributed by atoms with Gasteiger partial charge in [-0.2, -0.15) is 18.4 Å². The molecule has 5 nitrogen and oxygen atoms in total. The Morgan fingerprint density at radius 1 is 1.53 bits per heavy atom. The smallest absolute Gasteiger partial charge is 0.464 e. The Kier molecular flexibility index (Phi) is 4.57. The molecule has 15 heavy (non-hydrogen) atoms. The summed E-state index contributed by atoms with van der Waals surface area (Å²) in [4.78, 5) is 21.2. The molecule has 0 aromatic carbocycles. The van der Waals surface area contributed by atoms with Crippen LogP contribution in [0, 0.1) is 11.3 Å². The highest BCUT2D eigenvalue weighted by molar-refractivity contribution is 5.89. The van der Waals surface area contributed by atoms with E-state index in [0.717, 1.165) is 0 Å². The molecule has 1 N–H and O–H groups in total. The monoisotopic (exact) mass is 224 g/mol. The van der Waals surface area contributed by atoms with Gasteiger partial charge in [0.1, 0.15) is 0 Å². The lowest BCUT2D eigenvalue weighted by atomic mass is 10.3. The summed E-state index contributed by atoms with van der Waals surface area (Å²) >= 11 is 0. The third-order valence-corrected chi connectivity index (χ3v) is 1.18. The molecule has 0 saturated heterocycles. The molecule has 0 spiro atoms. The van der Waals surface area contributed by atoms with Gasteiger partial charge < -0.3 is 10.1 Å². The van der Waals surface area contributed by atoms with Gasteiger partial charge in [0, 0.05) is 0 Å². The highest BCUT2D eigenvalue weighted by atomic mass is 19.4. The molecule has 0 saturated carbocycles. The zero-order valence-electron chi connectivity index (χ0n) is 7.59. The molecule has 1 amide bonds. The molecule has 0 bridgehead atoms. The first-order valence-corrected chi connectivity index (χ1v) is 3.76. The summed E-state index contributed by atoms with van der Waals surface area (Å²) in [6.45, 7) is 1.32. The Balaban J connectivity index is 4.43. The molecule has 1 unspecified atom stereocenters. The van der Waals surface area contributed by atoms with Crippen LogP contribution in [0.1, 0.15) is 6.92 Å². The van der Waals surface area contributed by atoms with E-state index in [-0.39, 0.29) is 6.61 Å². The first-order valence-electron chi connectivity index (χ1n) is 3.76. The predicted octanol–water partition coefficient (Wildman–Crippen LogP) is 0.120. The second kappa shape index (κ2) is 5.19. The predicted molar refractivity (Wildman–Crippen MR) is 40.2 cm³/mol. The van der Waals surface area contributed by atoms with Gasteiger partial charge in [0.25, 0.3) is 0 Å². The molecule has 0 aliphatic heterocycles. The number of amides is 1. The summed E-state index contributed by atoms with van der Waals surface area (Å²) < 4.78 is 39.4. The van der Waals surface area contributed by atoms with Gasteiger partial charge in [-0.3, -0.25) is 4.79 Å². The van der Waals surface area contributed by atoms with Crippen LogP contribution >= 0.6 is 0 Å². The van der Waals surface area contributed by atoms with Crippen LogP contribution in [0.4, 0.5) is 13.2 Å². The summed E-state index contributed by atoms with van der Waals surface area (Å²) in [5.41, 5.74) is 0. The standard InChI is InChI=1S/C7H7F3N2O3/c1-2-15-5(13)4(3-11)12-6(14)7(8,9)10/h4H,2H2,1H3,(H,12,14). The van der Waals surface area contributed by atoms with E-state index in [1.54, 1.807) is 0 Å². The van der Waals surface area contributed by atoms with Crippen molar-refractivity contribution in [1.82, 2.24) is 5.32 Å². The van der Waals surface area contributed by atoms with Gasteiger partial charge in [-0.15, -0.1) is 0 Å². The second-order valence-electron chi connectivity index (χ2n) is 2.29. The maximum atomic E-state index is 11.7. The second-order valence-corrected chi connectivity index (χ2v) is 2.29. The van der Waals surface area contributed by atoms with Crippen molar-refractivity contribution in [3.63, 3.8) is 0 Å². The molecule has 1 atom stereocenters. The number of hydrogen-bond acceptors (Lipinski definition) is 4. The Morgan fingerprint density at radius 2 is 2.07 bits per heavy atom. The van der Waals surface area contributed by atoms with Crippen molar-refractivity contribution >= 4 is 11.9 Å². The van der Waals surface area contributed by atoms with Gasteiger partial charge >= 0.3 is 18.1 Å². The number of esters is 1. The Labute approximate surface area is 82.8 Å².